The number of aromatic nitrogens is 2. The molecule has 3 N–H and O–H groups in total. The number of aromatic amines is 1. The summed E-state index contributed by atoms with van der Waals surface area (Å²) in [6.45, 7) is 2.06. The molecule has 0 aliphatic rings. The van der Waals surface area contributed by atoms with Crippen molar-refractivity contribution in [3.05, 3.63) is 35.9 Å². The number of nitrogen functional groups attached to an aromatic ring is 1. The van der Waals surface area contributed by atoms with Crippen LogP contribution in [0.15, 0.2) is 30.3 Å². The summed E-state index contributed by atoms with van der Waals surface area (Å²) in [6, 6.07) is 10.0. The van der Waals surface area contributed by atoms with Gasteiger partial charge in [-0.15, -0.1) is 12.4 Å². The molecule has 0 atom stereocenters. The van der Waals surface area contributed by atoms with Crippen molar-refractivity contribution in [1.29, 1.82) is 0 Å². The van der Waals surface area contributed by atoms with Gasteiger partial charge in [0.2, 0.25) is 0 Å². The maximum Gasteiger partial charge on any atom is 0.145 e. The Morgan fingerprint density at radius 2 is 2.07 bits per heavy atom. The molecule has 3 nitrogen and oxygen atoms in total. The van der Waals surface area contributed by atoms with Gasteiger partial charge in [0.05, 0.1) is 5.69 Å². The molecule has 0 unspecified atom stereocenters. The number of nitrogens with two attached hydrogens (primary N) is 1. The number of benzene rings is 1. The van der Waals surface area contributed by atoms with E-state index in [1.807, 2.05) is 18.2 Å². The van der Waals surface area contributed by atoms with Crippen molar-refractivity contribution < 1.29 is 0 Å². The molecule has 0 aliphatic carbocycles. The summed E-state index contributed by atoms with van der Waals surface area (Å²) in [6.07, 6.45) is 0. The highest BCUT2D eigenvalue weighted by molar-refractivity contribution is 5.85. The lowest BCUT2D eigenvalue weighted by atomic mass is 10.1. The van der Waals surface area contributed by atoms with Crippen molar-refractivity contribution in [2.75, 3.05) is 5.73 Å². The minimum Gasteiger partial charge on any atom is -0.382 e. The van der Waals surface area contributed by atoms with Crippen LogP contribution >= 0.6 is 12.4 Å². The summed E-state index contributed by atoms with van der Waals surface area (Å²) >= 11 is 0. The maximum atomic E-state index is 5.51. The molecule has 0 bridgehead atoms. The van der Waals surface area contributed by atoms with Crippen LogP contribution in [0, 0.1) is 6.92 Å². The first-order chi connectivity index (χ1) is 6.25. The molecule has 2 aromatic rings. The number of anilines is 1. The molecule has 74 valence electrons. The number of hydrogen-bond donors (Lipinski definition) is 2. The van der Waals surface area contributed by atoms with Crippen LogP contribution in [0.25, 0.3) is 11.3 Å². The van der Waals surface area contributed by atoms with Crippen LogP contribution in [0.2, 0.25) is 0 Å². The van der Waals surface area contributed by atoms with Crippen molar-refractivity contribution in [3.63, 3.8) is 0 Å². The molecule has 1 heterocycles. The number of nitrogens with one attached hydrogen (secondary N) is 1. The summed E-state index contributed by atoms with van der Waals surface area (Å²) < 4.78 is 0. The average Bonchev–Trinajstić information content (AvgIpc) is 2.52. The lowest BCUT2D eigenvalue weighted by Crippen LogP contribution is -1.81. The molecule has 0 saturated heterocycles. The Balaban J connectivity index is 0.000000980. The fourth-order valence-corrected chi connectivity index (χ4v) is 1.30. The molecule has 1 aromatic carbocycles. The number of halogens is 1. The van der Waals surface area contributed by atoms with Gasteiger partial charge >= 0.3 is 0 Å². The van der Waals surface area contributed by atoms with Gasteiger partial charge in [0.25, 0.3) is 0 Å². The summed E-state index contributed by atoms with van der Waals surface area (Å²) in [4.78, 5) is 0. The van der Waals surface area contributed by atoms with E-state index in [1.54, 1.807) is 0 Å². The highest BCUT2D eigenvalue weighted by Gasteiger charge is 2.00. The van der Waals surface area contributed by atoms with Crippen molar-refractivity contribution in [1.82, 2.24) is 10.2 Å². The molecule has 14 heavy (non-hydrogen) atoms. The van der Waals surface area contributed by atoms with E-state index in [0.29, 0.717) is 5.82 Å². The molecular weight excluding hydrogens is 198 g/mol. The topological polar surface area (TPSA) is 54.7 Å². The van der Waals surface area contributed by atoms with Crippen LogP contribution in [0.5, 0.6) is 0 Å². The fraction of sp³-hybridized carbons (Fsp3) is 0.100. The Labute approximate surface area is 88.7 Å². The Hall–Kier alpha value is -1.48. The van der Waals surface area contributed by atoms with Crippen molar-refractivity contribution in [2.45, 2.75) is 6.92 Å². The van der Waals surface area contributed by atoms with Crippen LogP contribution in [-0.4, -0.2) is 10.2 Å². The molecule has 0 saturated carbocycles. The molecule has 1 aromatic heterocycles. The SMILES string of the molecule is Cc1cccc(-c2cc(N)n[nH]2)c1.Cl. The Kier molecular flexibility index (Phi) is 3.14. The normalized spacial score (nSPS) is 9.50. The van der Waals surface area contributed by atoms with E-state index in [9.17, 15) is 0 Å². The van der Waals surface area contributed by atoms with Crippen LogP contribution in [0.4, 0.5) is 5.82 Å². The third-order valence-electron chi connectivity index (χ3n) is 1.93. The predicted octanol–water partition coefficient (Wildman–Crippen LogP) is 2.39. The average molecular weight is 210 g/mol. The number of hydrogen-bond acceptors (Lipinski definition) is 2. The molecule has 0 fully saturated rings. The molecular formula is C10H12ClN3. The first-order valence-electron chi connectivity index (χ1n) is 4.13. The Morgan fingerprint density at radius 3 is 2.64 bits per heavy atom. The van der Waals surface area contributed by atoms with Crippen LogP contribution < -0.4 is 5.73 Å². The summed E-state index contributed by atoms with van der Waals surface area (Å²) in [5.41, 5.74) is 8.81. The van der Waals surface area contributed by atoms with Crippen molar-refractivity contribution in [2.24, 2.45) is 0 Å². The predicted molar refractivity (Wildman–Crippen MR) is 60.4 cm³/mol. The van der Waals surface area contributed by atoms with E-state index in [-0.39, 0.29) is 12.4 Å². The van der Waals surface area contributed by atoms with Gasteiger partial charge in [-0.25, -0.2) is 0 Å². The first kappa shape index (κ1) is 10.6. The molecule has 4 heteroatoms. The highest BCUT2D eigenvalue weighted by Crippen LogP contribution is 2.18. The third-order valence-corrected chi connectivity index (χ3v) is 1.93. The molecule has 2 rings (SSSR count). The van der Waals surface area contributed by atoms with E-state index < -0.39 is 0 Å². The van der Waals surface area contributed by atoms with Crippen molar-refractivity contribution >= 4 is 18.2 Å². The lowest BCUT2D eigenvalue weighted by Gasteiger charge is -1.97. The highest BCUT2D eigenvalue weighted by atomic mass is 35.5. The van der Waals surface area contributed by atoms with Gasteiger partial charge in [-0.05, 0) is 18.6 Å². The van der Waals surface area contributed by atoms with Crippen molar-refractivity contribution in [3.8, 4) is 11.3 Å². The molecule has 0 aliphatic heterocycles. The minimum absolute atomic E-state index is 0. The van der Waals surface area contributed by atoms with Gasteiger partial charge in [-0.1, -0.05) is 23.8 Å². The second kappa shape index (κ2) is 4.15. The largest absolute Gasteiger partial charge is 0.382 e. The third kappa shape index (κ3) is 2.06. The molecule has 0 spiro atoms. The van der Waals surface area contributed by atoms with Gasteiger partial charge < -0.3 is 5.73 Å². The quantitative estimate of drug-likeness (QED) is 0.758. The minimum atomic E-state index is 0. The first-order valence-corrected chi connectivity index (χ1v) is 4.13. The fourth-order valence-electron chi connectivity index (χ4n) is 1.30. The second-order valence-electron chi connectivity index (χ2n) is 3.08. The molecule has 0 amide bonds. The van der Waals surface area contributed by atoms with E-state index in [0.717, 1.165) is 11.3 Å². The number of aryl methyl sites for hydroxylation is 1. The number of rotatable bonds is 1. The van der Waals surface area contributed by atoms with E-state index in [1.165, 1.54) is 5.56 Å². The Bertz CT molecular complexity index is 423. The van der Waals surface area contributed by atoms with E-state index in [2.05, 4.69) is 29.3 Å². The van der Waals surface area contributed by atoms with Crippen LogP contribution in [0.1, 0.15) is 5.56 Å². The zero-order chi connectivity index (χ0) is 9.26. The zero-order valence-electron chi connectivity index (χ0n) is 7.82. The van der Waals surface area contributed by atoms with Gasteiger partial charge in [0.15, 0.2) is 0 Å². The standard InChI is InChI=1S/C10H11N3.ClH/c1-7-3-2-4-8(5-7)9-6-10(11)13-12-9;/h2-6H,1H3,(H3,11,12,13);1H. The zero-order valence-corrected chi connectivity index (χ0v) is 8.64. The molecule has 0 radical (unpaired) electrons. The van der Waals surface area contributed by atoms with Crippen LogP contribution in [-0.2, 0) is 0 Å². The Morgan fingerprint density at radius 1 is 1.29 bits per heavy atom. The van der Waals surface area contributed by atoms with Gasteiger partial charge in [-0.3, -0.25) is 5.10 Å². The monoisotopic (exact) mass is 209 g/mol. The maximum absolute atomic E-state index is 5.51. The summed E-state index contributed by atoms with van der Waals surface area (Å²) in [5, 5.41) is 6.75. The lowest BCUT2D eigenvalue weighted by molar-refractivity contribution is 1.10. The van der Waals surface area contributed by atoms with E-state index >= 15 is 0 Å². The van der Waals surface area contributed by atoms with Gasteiger partial charge in [0, 0.05) is 6.07 Å². The number of H-pyrrole nitrogens is 1. The van der Waals surface area contributed by atoms with Gasteiger partial charge in [0.1, 0.15) is 5.82 Å². The van der Waals surface area contributed by atoms with Gasteiger partial charge in [-0.2, -0.15) is 5.10 Å². The second-order valence-corrected chi connectivity index (χ2v) is 3.08. The van der Waals surface area contributed by atoms with Crippen LogP contribution in [0.3, 0.4) is 0 Å². The number of nitrogens with zero attached hydrogens (tertiary/aromatic N) is 1. The van der Waals surface area contributed by atoms with E-state index in [4.69, 9.17) is 5.73 Å². The summed E-state index contributed by atoms with van der Waals surface area (Å²) in [7, 11) is 0. The summed E-state index contributed by atoms with van der Waals surface area (Å²) in [5.74, 6) is 0.525. The smallest absolute Gasteiger partial charge is 0.145 e.